The molecular formula is C12H15FN2O. The molecule has 0 fully saturated rings. The molecule has 16 heavy (non-hydrogen) atoms. The van der Waals surface area contributed by atoms with Crippen LogP contribution in [0.5, 0.6) is 0 Å². The van der Waals surface area contributed by atoms with Gasteiger partial charge in [0, 0.05) is 18.3 Å². The van der Waals surface area contributed by atoms with Gasteiger partial charge in [-0.25, -0.2) is 4.39 Å². The lowest BCUT2D eigenvalue weighted by Gasteiger charge is -2.04. The van der Waals surface area contributed by atoms with Gasteiger partial charge in [0.25, 0.3) is 0 Å². The van der Waals surface area contributed by atoms with Crippen molar-refractivity contribution in [3.63, 3.8) is 0 Å². The second-order valence-corrected chi connectivity index (χ2v) is 3.66. The van der Waals surface area contributed by atoms with Crippen LogP contribution in [0.25, 0.3) is 0 Å². The largest absolute Gasteiger partial charge is 0.322 e. The predicted molar refractivity (Wildman–Crippen MR) is 62.7 cm³/mol. The summed E-state index contributed by atoms with van der Waals surface area (Å²) >= 11 is 0. The van der Waals surface area contributed by atoms with Gasteiger partial charge in [-0.2, -0.15) is 0 Å². The molecule has 0 aliphatic rings. The summed E-state index contributed by atoms with van der Waals surface area (Å²) in [5.74, 6) is -0.623. The zero-order valence-corrected chi connectivity index (χ0v) is 9.40. The van der Waals surface area contributed by atoms with Gasteiger partial charge in [-0.05, 0) is 32.3 Å². The average Bonchev–Trinajstić information content (AvgIpc) is 2.16. The molecule has 0 unspecified atom stereocenters. The van der Waals surface area contributed by atoms with Crippen molar-refractivity contribution in [1.82, 2.24) is 4.90 Å². The van der Waals surface area contributed by atoms with Crippen molar-refractivity contribution in [3.8, 4) is 0 Å². The van der Waals surface area contributed by atoms with Crippen LogP contribution in [0.15, 0.2) is 36.4 Å². The van der Waals surface area contributed by atoms with E-state index < -0.39 is 0 Å². The van der Waals surface area contributed by atoms with Crippen molar-refractivity contribution >= 4 is 11.6 Å². The van der Waals surface area contributed by atoms with Crippen LogP contribution < -0.4 is 5.32 Å². The van der Waals surface area contributed by atoms with Gasteiger partial charge in [-0.1, -0.05) is 12.1 Å². The number of rotatable bonds is 4. The first-order valence-corrected chi connectivity index (χ1v) is 4.96. The number of nitrogens with zero attached hydrogens (tertiary/aromatic N) is 1. The highest BCUT2D eigenvalue weighted by molar-refractivity contribution is 5.99. The maximum atomic E-state index is 12.8. The molecule has 0 spiro atoms. The fourth-order valence-corrected chi connectivity index (χ4v) is 1.12. The average molecular weight is 222 g/mol. The van der Waals surface area contributed by atoms with Crippen LogP contribution in [-0.2, 0) is 4.79 Å². The molecule has 0 atom stereocenters. The van der Waals surface area contributed by atoms with E-state index in [4.69, 9.17) is 0 Å². The van der Waals surface area contributed by atoms with Crippen LogP contribution in [0.4, 0.5) is 10.1 Å². The van der Waals surface area contributed by atoms with Crippen LogP contribution in [0.2, 0.25) is 0 Å². The Morgan fingerprint density at radius 2 is 2.25 bits per heavy atom. The number of halogens is 1. The monoisotopic (exact) mass is 222 g/mol. The van der Waals surface area contributed by atoms with Gasteiger partial charge in [-0.3, -0.25) is 4.79 Å². The van der Waals surface area contributed by atoms with E-state index in [9.17, 15) is 9.18 Å². The Morgan fingerprint density at radius 3 is 2.88 bits per heavy atom. The number of nitrogens with one attached hydrogen (secondary N) is 1. The minimum absolute atomic E-state index is 0.257. The molecule has 0 heterocycles. The van der Waals surface area contributed by atoms with E-state index in [0.717, 1.165) is 0 Å². The van der Waals surface area contributed by atoms with Gasteiger partial charge in [-0.15, -0.1) is 0 Å². The van der Waals surface area contributed by atoms with Crippen LogP contribution in [0.3, 0.4) is 0 Å². The maximum absolute atomic E-state index is 12.8. The summed E-state index contributed by atoms with van der Waals surface area (Å²) in [4.78, 5) is 13.3. The number of carbonyl (C=O) groups excluding carboxylic acids is 1. The molecule has 4 heteroatoms. The number of carbonyl (C=O) groups is 1. The van der Waals surface area contributed by atoms with E-state index in [1.807, 2.05) is 19.0 Å². The molecule has 1 N–H and O–H groups in total. The van der Waals surface area contributed by atoms with Crippen molar-refractivity contribution in [3.05, 3.63) is 42.2 Å². The van der Waals surface area contributed by atoms with E-state index in [1.165, 1.54) is 18.2 Å². The molecule has 3 nitrogen and oxygen atoms in total. The summed E-state index contributed by atoms with van der Waals surface area (Å²) in [5.41, 5.74) is 0.458. The van der Waals surface area contributed by atoms with E-state index in [-0.39, 0.29) is 11.7 Å². The third kappa shape index (κ3) is 4.70. The molecule has 1 aromatic carbocycles. The van der Waals surface area contributed by atoms with Crippen molar-refractivity contribution in [1.29, 1.82) is 0 Å². The quantitative estimate of drug-likeness (QED) is 0.789. The van der Waals surface area contributed by atoms with Crippen molar-refractivity contribution < 1.29 is 9.18 Å². The van der Waals surface area contributed by atoms with Gasteiger partial charge in [0.1, 0.15) is 5.82 Å². The summed E-state index contributed by atoms with van der Waals surface area (Å²) in [5, 5.41) is 2.57. The lowest BCUT2D eigenvalue weighted by Crippen LogP contribution is -2.12. The number of hydrogen-bond donors (Lipinski definition) is 1. The normalized spacial score (nSPS) is 11.0. The van der Waals surface area contributed by atoms with Crippen LogP contribution in [0, 0.1) is 5.82 Å². The molecule has 0 aliphatic heterocycles. The number of likely N-dealkylation sites (N-methyl/N-ethyl adjacent to an activating group) is 1. The third-order valence-corrected chi connectivity index (χ3v) is 1.83. The summed E-state index contributed by atoms with van der Waals surface area (Å²) in [6, 6.07) is 5.80. The van der Waals surface area contributed by atoms with E-state index >= 15 is 0 Å². The highest BCUT2D eigenvalue weighted by Crippen LogP contribution is 2.08. The Hall–Kier alpha value is -1.68. The summed E-state index contributed by atoms with van der Waals surface area (Å²) < 4.78 is 12.8. The molecular weight excluding hydrogens is 207 g/mol. The Labute approximate surface area is 94.6 Å². The van der Waals surface area contributed by atoms with Gasteiger partial charge >= 0.3 is 0 Å². The third-order valence-electron chi connectivity index (χ3n) is 1.83. The fraction of sp³-hybridized carbons (Fsp3) is 0.250. The first-order chi connectivity index (χ1) is 7.58. The molecule has 1 amide bonds. The number of benzene rings is 1. The first kappa shape index (κ1) is 12.4. The summed E-state index contributed by atoms with van der Waals surface area (Å²) in [6.45, 7) is 0.691. The van der Waals surface area contributed by atoms with Crippen molar-refractivity contribution in [2.75, 3.05) is 26.0 Å². The zero-order valence-electron chi connectivity index (χ0n) is 9.40. The Morgan fingerprint density at radius 1 is 1.50 bits per heavy atom. The molecule has 0 aromatic heterocycles. The zero-order chi connectivity index (χ0) is 12.0. The highest BCUT2D eigenvalue weighted by atomic mass is 19.1. The molecule has 0 saturated carbocycles. The molecule has 0 bridgehead atoms. The van der Waals surface area contributed by atoms with Gasteiger partial charge < -0.3 is 10.2 Å². The standard InChI is InChI=1S/C12H15FN2O/c1-15(2)8-4-7-12(16)14-11-6-3-5-10(13)9-11/h3-7,9H,8H2,1-2H3,(H,14,16)/b7-4+. The predicted octanol–water partition coefficient (Wildman–Crippen LogP) is 1.88. The minimum Gasteiger partial charge on any atom is -0.322 e. The van der Waals surface area contributed by atoms with Crippen LogP contribution in [-0.4, -0.2) is 31.4 Å². The lowest BCUT2D eigenvalue weighted by molar-refractivity contribution is -0.111. The van der Waals surface area contributed by atoms with E-state index in [0.29, 0.717) is 12.2 Å². The van der Waals surface area contributed by atoms with Crippen molar-refractivity contribution in [2.24, 2.45) is 0 Å². The highest BCUT2D eigenvalue weighted by Gasteiger charge is 1.98. The SMILES string of the molecule is CN(C)C/C=C/C(=O)Nc1cccc(F)c1. The van der Waals surface area contributed by atoms with E-state index in [1.54, 1.807) is 18.2 Å². The second-order valence-electron chi connectivity index (χ2n) is 3.66. The minimum atomic E-state index is -0.366. The number of amides is 1. The summed E-state index contributed by atoms with van der Waals surface area (Å²) in [6.07, 6.45) is 3.18. The Kier molecular flexibility index (Phi) is 4.66. The van der Waals surface area contributed by atoms with Crippen LogP contribution >= 0.6 is 0 Å². The lowest BCUT2D eigenvalue weighted by atomic mass is 10.3. The molecule has 1 aromatic rings. The van der Waals surface area contributed by atoms with Gasteiger partial charge in [0.05, 0.1) is 0 Å². The van der Waals surface area contributed by atoms with E-state index in [2.05, 4.69) is 5.32 Å². The van der Waals surface area contributed by atoms with Crippen LogP contribution in [0.1, 0.15) is 0 Å². The molecule has 0 radical (unpaired) electrons. The molecule has 0 aliphatic carbocycles. The first-order valence-electron chi connectivity index (χ1n) is 4.96. The van der Waals surface area contributed by atoms with Gasteiger partial charge in [0.15, 0.2) is 0 Å². The van der Waals surface area contributed by atoms with Gasteiger partial charge in [0.2, 0.25) is 5.91 Å². The molecule has 1 rings (SSSR count). The summed E-state index contributed by atoms with van der Waals surface area (Å²) in [7, 11) is 3.82. The topological polar surface area (TPSA) is 32.3 Å². The fourth-order valence-electron chi connectivity index (χ4n) is 1.12. The smallest absolute Gasteiger partial charge is 0.248 e. The number of anilines is 1. The Bertz CT molecular complexity index is 388. The number of hydrogen-bond acceptors (Lipinski definition) is 2. The second kappa shape index (κ2) is 6.02. The van der Waals surface area contributed by atoms with Crippen molar-refractivity contribution in [2.45, 2.75) is 0 Å². The maximum Gasteiger partial charge on any atom is 0.248 e. The Balaban J connectivity index is 2.48. The molecule has 86 valence electrons. The molecule has 0 saturated heterocycles.